The Morgan fingerprint density at radius 3 is 2.72 bits per heavy atom. The monoisotopic (exact) mass is 533 g/mol. The highest BCUT2D eigenvalue weighted by molar-refractivity contribution is 5.99. The van der Waals surface area contributed by atoms with Crippen LogP contribution in [0.3, 0.4) is 0 Å². The number of aromatic amines is 1. The number of rotatable bonds is 6. The van der Waals surface area contributed by atoms with Crippen LogP contribution in [0.15, 0.2) is 35.6 Å². The lowest BCUT2D eigenvalue weighted by molar-refractivity contribution is -0.174. The minimum atomic E-state index is -0.238. The summed E-state index contributed by atoms with van der Waals surface area (Å²) in [4.78, 5) is 15.9. The number of hydrogen-bond donors (Lipinski definition) is 4. The van der Waals surface area contributed by atoms with Crippen molar-refractivity contribution >= 4 is 23.0 Å². The standard InChI is InChI=1S/C33H47N3O3/c1-20(8-11-30(39)36-35-19-21-18-34-28-7-5-4-6-24(21)28)25-9-10-26-31-27(13-15-33(25,26)3)32(2)14-12-23(37)16-22(32)17-29(31)38/h4-7,18-20,22-23,25-27,29,31,34,37-38H,8-17H2,1-3H3,(H,36,39)/b35-19+/t20-,22+,23-,25+,26-,27-,29+,31-,32-,33+/m0/s1. The van der Waals surface area contributed by atoms with Crippen LogP contribution < -0.4 is 5.43 Å². The molecule has 0 radical (unpaired) electrons. The quantitative estimate of drug-likeness (QED) is 0.270. The molecule has 6 nitrogen and oxygen atoms in total. The van der Waals surface area contributed by atoms with Gasteiger partial charge in [0.25, 0.3) is 0 Å². The van der Waals surface area contributed by atoms with Crippen molar-refractivity contribution in [1.82, 2.24) is 10.4 Å². The summed E-state index contributed by atoms with van der Waals surface area (Å²) in [7, 11) is 0. The van der Waals surface area contributed by atoms with Gasteiger partial charge in [-0.1, -0.05) is 39.0 Å². The largest absolute Gasteiger partial charge is 0.393 e. The summed E-state index contributed by atoms with van der Waals surface area (Å²) in [5.74, 6) is 3.02. The van der Waals surface area contributed by atoms with Gasteiger partial charge in [0.2, 0.25) is 5.91 Å². The Labute approximate surface area is 233 Å². The van der Waals surface area contributed by atoms with Crippen LogP contribution in [-0.4, -0.2) is 39.5 Å². The van der Waals surface area contributed by atoms with Crippen molar-refractivity contribution in [2.45, 2.75) is 97.2 Å². The van der Waals surface area contributed by atoms with Crippen LogP contribution in [0.2, 0.25) is 0 Å². The third-order valence-corrected chi connectivity index (χ3v) is 12.3. The zero-order valence-corrected chi connectivity index (χ0v) is 23.9. The first-order chi connectivity index (χ1) is 18.7. The molecule has 39 heavy (non-hydrogen) atoms. The van der Waals surface area contributed by atoms with E-state index in [4.69, 9.17) is 0 Å². The van der Waals surface area contributed by atoms with Crippen molar-refractivity contribution in [2.24, 2.45) is 51.4 Å². The van der Waals surface area contributed by atoms with E-state index in [9.17, 15) is 15.0 Å². The molecule has 0 bridgehead atoms. The second kappa shape index (κ2) is 10.3. The van der Waals surface area contributed by atoms with Crippen molar-refractivity contribution in [3.8, 4) is 0 Å². The molecule has 1 aromatic carbocycles. The van der Waals surface area contributed by atoms with Crippen molar-refractivity contribution in [3.63, 3.8) is 0 Å². The number of H-pyrrole nitrogens is 1. The van der Waals surface area contributed by atoms with Crippen LogP contribution in [-0.2, 0) is 4.79 Å². The first kappa shape index (κ1) is 27.0. The summed E-state index contributed by atoms with van der Waals surface area (Å²) in [6, 6.07) is 8.07. The molecule has 4 N–H and O–H groups in total. The van der Waals surface area contributed by atoms with Gasteiger partial charge < -0.3 is 15.2 Å². The third kappa shape index (κ3) is 4.65. The number of hydrazone groups is 1. The smallest absolute Gasteiger partial charge is 0.240 e. The number of fused-ring (bicyclic) bond motifs is 6. The van der Waals surface area contributed by atoms with Crippen LogP contribution in [0.1, 0.15) is 90.5 Å². The molecule has 4 saturated carbocycles. The molecule has 4 fully saturated rings. The zero-order chi connectivity index (χ0) is 27.4. The molecule has 2 aromatic rings. The highest BCUT2D eigenvalue weighted by atomic mass is 16.3. The van der Waals surface area contributed by atoms with E-state index in [-0.39, 0.29) is 28.9 Å². The van der Waals surface area contributed by atoms with Crippen LogP contribution >= 0.6 is 0 Å². The van der Waals surface area contributed by atoms with Gasteiger partial charge in [0.05, 0.1) is 18.4 Å². The topological polar surface area (TPSA) is 97.7 Å². The predicted molar refractivity (Wildman–Crippen MR) is 155 cm³/mol. The maximum Gasteiger partial charge on any atom is 0.240 e. The van der Waals surface area contributed by atoms with Gasteiger partial charge in [0.15, 0.2) is 0 Å². The highest BCUT2D eigenvalue weighted by Crippen LogP contribution is 2.68. The fourth-order valence-corrected chi connectivity index (χ4v) is 10.2. The maximum atomic E-state index is 12.7. The molecular formula is C33H47N3O3. The molecule has 4 aliphatic carbocycles. The molecule has 0 aliphatic heterocycles. The first-order valence-electron chi connectivity index (χ1n) is 15.4. The van der Waals surface area contributed by atoms with Crippen LogP contribution in [0, 0.1) is 46.3 Å². The summed E-state index contributed by atoms with van der Waals surface area (Å²) < 4.78 is 0. The number of aromatic nitrogens is 1. The fraction of sp³-hybridized carbons (Fsp3) is 0.697. The minimum absolute atomic E-state index is 0.0255. The van der Waals surface area contributed by atoms with E-state index >= 15 is 0 Å². The molecule has 0 unspecified atom stereocenters. The molecular weight excluding hydrogens is 486 g/mol. The van der Waals surface area contributed by atoms with Gasteiger partial charge >= 0.3 is 0 Å². The third-order valence-electron chi connectivity index (χ3n) is 12.3. The molecule has 0 saturated heterocycles. The van der Waals surface area contributed by atoms with Crippen LogP contribution in [0.25, 0.3) is 10.9 Å². The second-order valence-electron chi connectivity index (χ2n) is 14.1. The fourth-order valence-electron chi connectivity index (χ4n) is 10.2. The summed E-state index contributed by atoms with van der Waals surface area (Å²) in [6.45, 7) is 7.31. The zero-order valence-electron chi connectivity index (χ0n) is 23.9. The Morgan fingerprint density at radius 2 is 1.87 bits per heavy atom. The van der Waals surface area contributed by atoms with E-state index < -0.39 is 0 Å². The van der Waals surface area contributed by atoms with Gasteiger partial charge in [0, 0.05) is 29.1 Å². The Kier molecular flexibility index (Phi) is 7.16. The molecule has 6 heteroatoms. The lowest BCUT2D eigenvalue weighted by Crippen LogP contribution is -2.58. The number of carbonyl (C=O) groups excluding carboxylic acids is 1. The highest BCUT2D eigenvalue weighted by Gasteiger charge is 2.62. The van der Waals surface area contributed by atoms with Gasteiger partial charge in [-0.3, -0.25) is 4.79 Å². The van der Waals surface area contributed by atoms with Crippen molar-refractivity contribution < 1.29 is 15.0 Å². The number of aliphatic hydroxyl groups excluding tert-OH is 2. The number of hydrogen-bond acceptors (Lipinski definition) is 4. The maximum absolute atomic E-state index is 12.7. The molecule has 6 rings (SSSR count). The number of para-hydroxylation sites is 1. The molecule has 1 heterocycles. The van der Waals surface area contributed by atoms with Gasteiger partial charge in [-0.2, -0.15) is 5.10 Å². The van der Waals surface area contributed by atoms with Gasteiger partial charge in [-0.15, -0.1) is 0 Å². The summed E-state index contributed by atoms with van der Waals surface area (Å²) in [5.41, 5.74) is 5.27. The second-order valence-corrected chi connectivity index (χ2v) is 14.1. The normalized spacial score (nSPS) is 40.7. The van der Waals surface area contributed by atoms with Crippen molar-refractivity contribution in [1.29, 1.82) is 0 Å². The summed E-state index contributed by atoms with van der Waals surface area (Å²) in [5, 5.41) is 27.1. The van der Waals surface area contributed by atoms with Gasteiger partial charge in [0.1, 0.15) is 0 Å². The molecule has 212 valence electrons. The molecule has 10 atom stereocenters. The number of aliphatic hydroxyl groups is 2. The van der Waals surface area contributed by atoms with E-state index in [1.165, 1.54) is 25.7 Å². The van der Waals surface area contributed by atoms with Crippen LogP contribution in [0.5, 0.6) is 0 Å². The number of nitrogens with zero attached hydrogens (tertiary/aromatic N) is 1. The SMILES string of the molecule is C[C@@H](CCC(=O)N/N=C/c1c[nH]c2ccccc12)[C@H]1CC[C@H]2[C@@H]3[C@H](O)C[C@H]4C[C@@H](O)CC[C@]4(C)[C@H]3CC[C@]12C. The molecule has 4 aliphatic rings. The van der Waals surface area contributed by atoms with E-state index in [1.54, 1.807) is 6.21 Å². The Balaban J connectivity index is 1.06. The number of amides is 1. The Morgan fingerprint density at radius 1 is 1.10 bits per heavy atom. The molecule has 1 amide bonds. The lowest BCUT2D eigenvalue weighted by atomic mass is 9.43. The van der Waals surface area contributed by atoms with E-state index in [2.05, 4.69) is 36.3 Å². The lowest BCUT2D eigenvalue weighted by Gasteiger charge is -2.62. The van der Waals surface area contributed by atoms with Gasteiger partial charge in [-0.05, 0) is 110 Å². The van der Waals surface area contributed by atoms with Crippen LogP contribution in [0.4, 0.5) is 0 Å². The number of carbonyl (C=O) groups is 1. The Bertz CT molecular complexity index is 1220. The van der Waals surface area contributed by atoms with E-state index in [0.29, 0.717) is 41.9 Å². The molecule has 0 spiro atoms. The number of nitrogens with one attached hydrogen (secondary N) is 2. The van der Waals surface area contributed by atoms with Crippen molar-refractivity contribution in [3.05, 3.63) is 36.0 Å². The average Bonchev–Trinajstić information content (AvgIpc) is 3.49. The number of benzene rings is 1. The Hall–Kier alpha value is -2.18. The first-order valence-corrected chi connectivity index (χ1v) is 15.4. The molecule has 1 aromatic heterocycles. The minimum Gasteiger partial charge on any atom is -0.393 e. The average molecular weight is 534 g/mol. The van der Waals surface area contributed by atoms with E-state index in [0.717, 1.165) is 48.6 Å². The van der Waals surface area contributed by atoms with Gasteiger partial charge in [-0.25, -0.2) is 5.43 Å². The van der Waals surface area contributed by atoms with Crippen molar-refractivity contribution in [2.75, 3.05) is 0 Å². The summed E-state index contributed by atoms with van der Waals surface area (Å²) in [6.07, 6.45) is 13.2. The summed E-state index contributed by atoms with van der Waals surface area (Å²) >= 11 is 0. The van der Waals surface area contributed by atoms with E-state index in [1.807, 2.05) is 30.5 Å². The predicted octanol–water partition coefficient (Wildman–Crippen LogP) is 6.02.